The summed E-state index contributed by atoms with van der Waals surface area (Å²) in [5.74, 6) is 1.90. The van der Waals surface area contributed by atoms with Crippen LogP contribution in [0.25, 0.3) is 0 Å². The van der Waals surface area contributed by atoms with Crippen LogP contribution >= 0.6 is 0 Å². The Bertz CT molecular complexity index is 595. The molecule has 2 aromatic rings. The second kappa shape index (κ2) is 5.43. The quantitative estimate of drug-likeness (QED) is 0.897. The van der Waals surface area contributed by atoms with Crippen LogP contribution in [0.1, 0.15) is 24.1 Å². The van der Waals surface area contributed by atoms with E-state index in [2.05, 4.69) is 12.2 Å². The van der Waals surface area contributed by atoms with Crippen molar-refractivity contribution in [3.8, 4) is 17.2 Å². The maximum atomic E-state index is 9.29. The number of ether oxygens (including phenoxy) is 2. The average Bonchev–Trinajstić information content (AvgIpc) is 2.93. The standard InChI is InChI=1S/C16H17NO3/c1-11(13-3-5-14(18)6-4-13)17-9-12-2-7-15-16(8-12)20-10-19-15/h2-8,11,17-18H,9-10H2,1H3. The first-order valence-corrected chi connectivity index (χ1v) is 6.63. The largest absolute Gasteiger partial charge is 0.508 e. The van der Waals surface area contributed by atoms with E-state index in [-0.39, 0.29) is 11.8 Å². The van der Waals surface area contributed by atoms with E-state index >= 15 is 0 Å². The van der Waals surface area contributed by atoms with Crippen LogP contribution in [0.3, 0.4) is 0 Å². The summed E-state index contributed by atoms with van der Waals surface area (Å²) in [5, 5.41) is 12.7. The first-order valence-electron chi connectivity index (χ1n) is 6.63. The van der Waals surface area contributed by atoms with Crippen LogP contribution in [0.5, 0.6) is 17.2 Å². The lowest BCUT2D eigenvalue weighted by Gasteiger charge is -2.14. The predicted molar refractivity (Wildman–Crippen MR) is 75.9 cm³/mol. The van der Waals surface area contributed by atoms with Crippen molar-refractivity contribution in [2.75, 3.05) is 6.79 Å². The van der Waals surface area contributed by atoms with E-state index in [9.17, 15) is 5.11 Å². The Morgan fingerprint density at radius 2 is 1.85 bits per heavy atom. The number of fused-ring (bicyclic) bond motifs is 1. The predicted octanol–water partition coefficient (Wildman–Crippen LogP) is 2.97. The number of hydrogen-bond acceptors (Lipinski definition) is 4. The zero-order valence-corrected chi connectivity index (χ0v) is 11.3. The summed E-state index contributed by atoms with van der Waals surface area (Å²) in [4.78, 5) is 0. The molecule has 1 heterocycles. The lowest BCUT2D eigenvalue weighted by atomic mass is 10.1. The summed E-state index contributed by atoms with van der Waals surface area (Å²) in [7, 11) is 0. The van der Waals surface area contributed by atoms with Crippen molar-refractivity contribution in [1.29, 1.82) is 0 Å². The molecule has 20 heavy (non-hydrogen) atoms. The van der Waals surface area contributed by atoms with Crippen molar-refractivity contribution in [3.05, 3.63) is 53.6 Å². The smallest absolute Gasteiger partial charge is 0.231 e. The molecule has 4 heteroatoms. The van der Waals surface area contributed by atoms with Crippen molar-refractivity contribution >= 4 is 0 Å². The highest BCUT2D eigenvalue weighted by Crippen LogP contribution is 2.32. The lowest BCUT2D eigenvalue weighted by Crippen LogP contribution is -2.17. The second-order valence-corrected chi connectivity index (χ2v) is 4.88. The van der Waals surface area contributed by atoms with Gasteiger partial charge in [0.05, 0.1) is 0 Å². The van der Waals surface area contributed by atoms with Crippen LogP contribution in [0.2, 0.25) is 0 Å². The highest BCUT2D eigenvalue weighted by molar-refractivity contribution is 5.44. The Morgan fingerprint density at radius 1 is 1.10 bits per heavy atom. The number of aromatic hydroxyl groups is 1. The third-order valence-corrected chi connectivity index (χ3v) is 3.44. The summed E-state index contributed by atoms with van der Waals surface area (Å²) in [6.07, 6.45) is 0. The fourth-order valence-corrected chi connectivity index (χ4v) is 2.20. The first kappa shape index (κ1) is 12.8. The summed E-state index contributed by atoms with van der Waals surface area (Å²) in [6.45, 7) is 3.15. The van der Waals surface area contributed by atoms with Gasteiger partial charge < -0.3 is 19.9 Å². The normalized spacial score (nSPS) is 14.2. The molecule has 0 bridgehead atoms. The second-order valence-electron chi connectivity index (χ2n) is 4.88. The van der Waals surface area contributed by atoms with Gasteiger partial charge in [0.15, 0.2) is 11.5 Å². The van der Waals surface area contributed by atoms with Crippen molar-refractivity contribution in [2.24, 2.45) is 0 Å². The molecule has 1 aliphatic rings. The Balaban J connectivity index is 1.63. The van der Waals surface area contributed by atoms with Crippen LogP contribution in [-0.4, -0.2) is 11.9 Å². The molecule has 0 aliphatic carbocycles. The van der Waals surface area contributed by atoms with Crippen molar-refractivity contribution in [1.82, 2.24) is 5.32 Å². The van der Waals surface area contributed by atoms with Gasteiger partial charge in [-0.3, -0.25) is 0 Å². The third-order valence-electron chi connectivity index (χ3n) is 3.44. The van der Waals surface area contributed by atoms with Crippen LogP contribution in [-0.2, 0) is 6.54 Å². The molecule has 2 N–H and O–H groups in total. The van der Waals surface area contributed by atoms with Crippen molar-refractivity contribution in [2.45, 2.75) is 19.5 Å². The molecule has 4 nitrogen and oxygen atoms in total. The molecule has 0 amide bonds. The van der Waals surface area contributed by atoms with E-state index in [1.54, 1.807) is 12.1 Å². The van der Waals surface area contributed by atoms with Gasteiger partial charge in [-0.2, -0.15) is 0 Å². The molecule has 1 aliphatic heterocycles. The molecule has 0 saturated carbocycles. The Hall–Kier alpha value is -2.20. The lowest BCUT2D eigenvalue weighted by molar-refractivity contribution is 0.174. The molecule has 1 unspecified atom stereocenters. The molecule has 0 radical (unpaired) electrons. The fourth-order valence-electron chi connectivity index (χ4n) is 2.20. The third kappa shape index (κ3) is 2.70. The molecule has 1 atom stereocenters. The fraction of sp³-hybridized carbons (Fsp3) is 0.250. The van der Waals surface area contributed by atoms with E-state index in [0.717, 1.165) is 29.2 Å². The minimum atomic E-state index is 0.209. The first-order chi connectivity index (χ1) is 9.72. The van der Waals surface area contributed by atoms with Gasteiger partial charge in [-0.05, 0) is 42.3 Å². The summed E-state index contributed by atoms with van der Waals surface area (Å²) < 4.78 is 10.7. The van der Waals surface area contributed by atoms with Gasteiger partial charge in [0, 0.05) is 12.6 Å². The van der Waals surface area contributed by atoms with Gasteiger partial charge in [0.2, 0.25) is 6.79 Å². The van der Waals surface area contributed by atoms with Gasteiger partial charge in [0.25, 0.3) is 0 Å². The molecule has 0 aromatic heterocycles. The van der Waals surface area contributed by atoms with Crippen molar-refractivity contribution < 1.29 is 14.6 Å². The minimum Gasteiger partial charge on any atom is -0.508 e. The van der Waals surface area contributed by atoms with E-state index in [4.69, 9.17) is 9.47 Å². The maximum Gasteiger partial charge on any atom is 0.231 e. The monoisotopic (exact) mass is 271 g/mol. The van der Waals surface area contributed by atoms with Crippen LogP contribution < -0.4 is 14.8 Å². The highest BCUT2D eigenvalue weighted by atomic mass is 16.7. The molecule has 0 saturated heterocycles. The van der Waals surface area contributed by atoms with Gasteiger partial charge in [-0.1, -0.05) is 18.2 Å². The number of benzene rings is 2. The zero-order valence-electron chi connectivity index (χ0n) is 11.3. The minimum absolute atomic E-state index is 0.209. The summed E-state index contributed by atoms with van der Waals surface area (Å²) >= 11 is 0. The topological polar surface area (TPSA) is 50.7 Å². The van der Waals surface area contributed by atoms with E-state index in [1.165, 1.54) is 0 Å². The number of nitrogens with one attached hydrogen (secondary N) is 1. The Kier molecular flexibility index (Phi) is 3.48. The van der Waals surface area contributed by atoms with E-state index in [0.29, 0.717) is 6.79 Å². The van der Waals surface area contributed by atoms with E-state index in [1.807, 2.05) is 30.3 Å². The van der Waals surface area contributed by atoms with Crippen LogP contribution in [0.15, 0.2) is 42.5 Å². The van der Waals surface area contributed by atoms with Gasteiger partial charge in [-0.15, -0.1) is 0 Å². The van der Waals surface area contributed by atoms with Gasteiger partial charge >= 0.3 is 0 Å². The van der Waals surface area contributed by atoms with E-state index < -0.39 is 0 Å². The number of hydrogen-bond donors (Lipinski definition) is 2. The van der Waals surface area contributed by atoms with Gasteiger partial charge in [-0.25, -0.2) is 0 Å². The molecule has 3 rings (SSSR count). The molecular weight excluding hydrogens is 254 g/mol. The molecule has 2 aromatic carbocycles. The Labute approximate surface area is 118 Å². The SMILES string of the molecule is CC(NCc1ccc2c(c1)OCO2)c1ccc(O)cc1. The van der Waals surface area contributed by atoms with Crippen LogP contribution in [0, 0.1) is 0 Å². The molecule has 0 fully saturated rings. The average molecular weight is 271 g/mol. The number of phenolic OH excluding ortho intramolecular Hbond substituents is 1. The molecule has 0 spiro atoms. The number of rotatable bonds is 4. The van der Waals surface area contributed by atoms with Gasteiger partial charge in [0.1, 0.15) is 5.75 Å². The van der Waals surface area contributed by atoms with Crippen molar-refractivity contribution in [3.63, 3.8) is 0 Å². The van der Waals surface area contributed by atoms with Crippen LogP contribution in [0.4, 0.5) is 0 Å². The zero-order chi connectivity index (χ0) is 13.9. The maximum absolute atomic E-state index is 9.29. The number of phenols is 1. The highest BCUT2D eigenvalue weighted by Gasteiger charge is 2.13. The molecule has 104 valence electrons. The Morgan fingerprint density at radius 3 is 2.65 bits per heavy atom. The molecular formula is C16H17NO3. The summed E-state index contributed by atoms with van der Waals surface area (Å²) in [6, 6.07) is 13.4. The summed E-state index contributed by atoms with van der Waals surface area (Å²) in [5.41, 5.74) is 2.29.